The van der Waals surface area contributed by atoms with Gasteiger partial charge in [-0.1, -0.05) is 13.8 Å². The first-order valence-electron chi connectivity index (χ1n) is 7.03. The molecule has 2 rings (SSSR count). The molecule has 1 aromatic heterocycles. The van der Waals surface area contributed by atoms with Crippen LogP contribution in [-0.4, -0.2) is 58.6 Å². The largest absolute Gasteiger partial charge is 0.333 e. The Morgan fingerprint density at radius 1 is 1.21 bits per heavy atom. The Bertz CT molecular complexity index is 423. The van der Waals surface area contributed by atoms with Gasteiger partial charge in [0.25, 0.3) is 0 Å². The number of hydrogen-bond acceptors (Lipinski definition) is 4. The average Bonchev–Trinajstić information content (AvgIpc) is 2.87. The second kappa shape index (κ2) is 6.69. The third kappa shape index (κ3) is 3.79. The smallest absolute Gasteiger partial charge is 0.111 e. The van der Waals surface area contributed by atoms with Crippen molar-refractivity contribution in [2.24, 2.45) is 0 Å². The molecule has 0 amide bonds. The molecule has 1 aliphatic rings. The minimum Gasteiger partial charge on any atom is -0.333 e. The van der Waals surface area contributed by atoms with E-state index in [2.05, 4.69) is 45.5 Å². The number of hydrogen-bond donors (Lipinski definition) is 0. The molecule has 19 heavy (non-hydrogen) atoms. The van der Waals surface area contributed by atoms with Crippen LogP contribution >= 0.6 is 0 Å². The van der Waals surface area contributed by atoms with Gasteiger partial charge in [0.1, 0.15) is 5.82 Å². The second-order valence-electron chi connectivity index (χ2n) is 5.41. The van der Waals surface area contributed by atoms with E-state index in [0.29, 0.717) is 12.5 Å². The van der Waals surface area contributed by atoms with E-state index in [1.807, 2.05) is 6.20 Å². The van der Waals surface area contributed by atoms with Crippen molar-refractivity contribution in [2.45, 2.75) is 26.3 Å². The first-order valence-corrected chi connectivity index (χ1v) is 7.03. The molecule has 1 aliphatic heterocycles. The van der Waals surface area contributed by atoms with Crippen molar-refractivity contribution in [1.82, 2.24) is 19.4 Å². The molecule has 1 aromatic rings. The number of piperazine rings is 1. The predicted octanol–water partition coefficient (Wildman–Crippen LogP) is 1.15. The third-order valence-corrected chi connectivity index (χ3v) is 3.68. The number of nitriles is 1. The fourth-order valence-electron chi connectivity index (χ4n) is 2.53. The van der Waals surface area contributed by atoms with Crippen LogP contribution < -0.4 is 0 Å². The minimum atomic E-state index is 0.475. The molecular weight excluding hydrogens is 238 g/mol. The van der Waals surface area contributed by atoms with Crippen LogP contribution in [0.4, 0.5) is 0 Å². The van der Waals surface area contributed by atoms with Gasteiger partial charge in [0.05, 0.1) is 12.6 Å². The summed E-state index contributed by atoms with van der Waals surface area (Å²) >= 11 is 0. The molecule has 0 saturated carbocycles. The summed E-state index contributed by atoms with van der Waals surface area (Å²) in [6, 6.07) is 2.22. The van der Waals surface area contributed by atoms with E-state index < -0.39 is 0 Å². The van der Waals surface area contributed by atoms with Gasteiger partial charge < -0.3 is 4.57 Å². The molecule has 0 radical (unpaired) electrons. The van der Waals surface area contributed by atoms with E-state index in [9.17, 15) is 0 Å². The molecule has 5 nitrogen and oxygen atoms in total. The van der Waals surface area contributed by atoms with E-state index in [4.69, 9.17) is 5.26 Å². The van der Waals surface area contributed by atoms with Gasteiger partial charge in [0.15, 0.2) is 0 Å². The molecule has 1 saturated heterocycles. The Balaban J connectivity index is 1.78. The van der Waals surface area contributed by atoms with Crippen LogP contribution in [0.3, 0.4) is 0 Å². The summed E-state index contributed by atoms with van der Waals surface area (Å²) in [6.07, 6.45) is 3.96. The van der Waals surface area contributed by atoms with Crippen LogP contribution in [-0.2, 0) is 6.54 Å². The van der Waals surface area contributed by atoms with Gasteiger partial charge in [-0.2, -0.15) is 5.26 Å². The minimum absolute atomic E-state index is 0.475. The van der Waals surface area contributed by atoms with Crippen molar-refractivity contribution in [3.63, 3.8) is 0 Å². The summed E-state index contributed by atoms with van der Waals surface area (Å²) in [5.41, 5.74) is 0. The van der Waals surface area contributed by atoms with E-state index in [1.54, 1.807) is 0 Å². The van der Waals surface area contributed by atoms with Gasteiger partial charge in [-0.05, 0) is 0 Å². The van der Waals surface area contributed by atoms with E-state index in [1.165, 1.54) is 5.82 Å². The summed E-state index contributed by atoms with van der Waals surface area (Å²) in [5.74, 6) is 1.64. The van der Waals surface area contributed by atoms with Crippen molar-refractivity contribution >= 4 is 0 Å². The Labute approximate surface area is 115 Å². The van der Waals surface area contributed by atoms with Crippen molar-refractivity contribution in [2.75, 3.05) is 39.3 Å². The van der Waals surface area contributed by atoms with Crippen LogP contribution in [0.5, 0.6) is 0 Å². The molecule has 0 spiro atoms. The Morgan fingerprint density at radius 3 is 2.53 bits per heavy atom. The summed E-state index contributed by atoms with van der Waals surface area (Å²) < 4.78 is 2.26. The van der Waals surface area contributed by atoms with Gasteiger partial charge in [-0.3, -0.25) is 9.80 Å². The zero-order valence-corrected chi connectivity index (χ0v) is 11.9. The van der Waals surface area contributed by atoms with Gasteiger partial charge >= 0.3 is 0 Å². The number of nitrogens with zero attached hydrogens (tertiary/aromatic N) is 5. The van der Waals surface area contributed by atoms with Crippen LogP contribution in [0.25, 0.3) is 0 Å². The summed E-state index contributed by atoms with van der Waals surface area (Å²) in [6.45, 7) is 11.1. The Kier molecular flexibility index (Phi) is 4.94. The van der Waals surface area contributed by atoms with Crippen molar-refractivity contribution in [3.05, 3.63) is 18.2 Å². The predicted molar refractivity (Wildman–Crippen MR) is 74.8 cm³/mol. The van der Waals surface area contributed by atoms with Crippen LogP contribution in [0, 0.1) is 11.3 Å². The number of imidazole rings is 1. The van der Waals surface area contributed by atoms with Gasteiger partial charge in [0, 0.05) is 57.6 Å². The average molecular weight is 261 g/mol. The highest BCUT2D eigenvalue weighted by molar-refractivity contribution is 4.97. The van der Waals surface area contributed by atoms with Crippen molar-refractivity contribution in [3.8, 4) is 6.07 Å². The van der Waals surface area contributed by atoms with Crippen molar-refractivity contribution in [1.29, 1.82) is 5.26 Å². The first-order chi connectivity index (χ1) is 9.20. The number of aromatic nitrogens is 2. The summed E-state index contributed by atoms with van der Waals surface area (Å²) in [7, 11) is 0. The van der Waals surface area contributed by atoms with Gasteiger partial charge in [-0.25, -0.2) is 4.98 Å². The lowest BCUT2D eigenvalue weighted by molar-refractivity contribution is 0.140. The van der Waals surface area contributed by atoms with E-state index >= 15 is 0 Å². The van der Waals surface area contributed by atoms with Gasteiger partial charge in [0.2, 0.25) is 0 Å². The monoisotopic (exact) mass is 261 g/mol. The van der Waals surface area contributed by atoms with E-state index in [-0.39, 0.29) is 0 Å². The SMILES string of the molecule is CC(C)c1nccn1CCN1CCN(CC#N)CC1. The molecule has 0 aromatic carbocycles. The van der Waals surface area contributed by atoms with Gasteiger partial charge in [-0.15, -0.1) is 0 Å². The lowest BCUT2D eigenvalue weighted by atomic mass is 10.2. The van der Waals surface area contributed by atoms with Crippen molar-refractivity contribution < 1.29 is 0 Å². The third-order valence-electron chi connectivity index (χ3n) is 3.68. The number of rotatable bonds is 5. The quantitative estimate of drug-likeness (QED) is 0.746. The maximum Gasteiger partial charge on any atom is 0.111 e. The fourth-order valence-corrected chi connectivity index (χ4v) is 2.53. The highest BCUT2D eigenvalue weighted by Gasteiger charge is 2.16. The Hall–Kier alpha value is -1.38. The molecule has 0 unspecified atom stereocenters. The Morgan fingerprint density at radius 2 is 1.89 bits per heavy atom. The second-order valence-corrected chi connectivity index (χ2v) is 5.41. The highest BCUT2D eigenvalue weighted by Crippen LogP contribution is 2.11. The molecule has 0 atom stereocenters. The molecule has 0 bridgehead atoms. The highest BCUT2D eigenvalue weighted by atomic mass is 15.3. The van der Waals surface area contributed by atoms with Crippen LogP contribution in [0.1, 0.15) is 25.6 Å². The standard InChI is InChI=1S/C14H23N5/c1-13(2)14-16-4-6-19(14)12-11-18-9-7-17(5-3-15)8-10-18/h4,6,13H,5,7-12H2,1-2H3. The zero-order chi connectivity index (χ0) is 13.7. The van der Waals surface area contributed by atoms with Crippen LogP contribution in [0.15, 0.2) is 12.4 Å². The first kappa shape index (κ1) is 14.0. The molecular formula is C14H23N5. The lowest BCUT2D eigenvalue weighted by Crippen LogP contribution is -2.47. The topological polar surface area (TPSA) is 48.1 Å². The lowest BCUT2D eigenvalue weighted by Gasteiger charge is -2.33. The summed E-state index contributed by atoms with van der Waals surface area (Å²) in [5, 5.41) is 8.68. The molecule has 104 valence electrons. The molecule has 5 heteroatoms. The zero-order valence-electron chi connectivity index (χ0n) is 11.9. The normalized spacial score (nSPS) is 17.8. The molecule has 0 aliphatic carbocycles. The molecule has 2 heterocycles. The molecule has 0 N–H and O–H groups in total. The maximum absolute atomic E-state index is 8.68. The van der Waals surface area contributed by atoms with E-state index in [0.717, 1.165) is 39.3 Å². The maximum atomic E-state index is 8.68. The van der Waals surface area contributed by atoms with Crippen LogP contribution in [0.2, 0.25) is 0 Å². The fraction of sp³-hybridized carbons (Fsp3) is 0.714. The summed E-state index contributed by atoms with van der Waals surface area (Å²) in [4.78, 5) is 9.10. The molecule has 1 fully saturated rings.